The van der Waals surface area contributed by atoms with Gasteiger partial charge in [0.15, 0.2) is 0 Å². The normalized spacial score (nSPS) is 14.9. The van der Waals surface area contributed by atoms with Crippen LogP contribution in [-0.4, -0.2) is 43.6 Å². The summed E-state index contributed by atoms with van der Waals surface area (Å²) in [5.41, 5.74) is 3.40. The Morgan fingerprint density at radius 1 is 0.938 bits per heavy atom. The number of rotatable bonds is 8. The van der Waals surface area contributed by atoms with Crippen molar-refractivity contribution in [1.82, 2.24) is 10.2 Å². The van der Waals surface area contributed by atoms with E-state index >= 15 is 0 Å². The lowest BCUT2D eigenvalue weighted by molar-refractivity contribution is 0.0910. The number of nitrogens with zero attached hydrogens (tertiary/aromatic N) is 1. The molecule has 0 spiro atoms. The third-order valence-corrected chi connectivity index (χ3v) is 6.39. The molecule has 1 fully saturated rings. The molecule has 4 nitrogen and oxygen atoms in total. The zero-order valence-electron chi connectivity index (χ0n) is 18.7. The highest BCUT2D eigenvalue weighted by Gasteiger charge is 2.23. The second kappa shape index (κ2) is 11.0. The van der Waals surface area contributed by atoms with Crippen LogP contribution < -0.4 is 10.1 Å². The fraction of sp³-hybridized carbons (Fsp3) is 0.321. The van der Waals surface area contributed by atoms with Crippen LogP contribution in [-0.2, 0) is 0 Å². The van der Waals surface area contributed by atoms with Gasteiger partial charge in [0.1, 0.15) is 5.75 Å². The van der Waals surface area contributed by atoms with Gasteiger partial charge in [-0.25, -0.2) is 0 Å². The van der Waals surface area contributed by atoms with Gasteiger partial charge < -0.3 is 15.0 Å². The average Bonchev–Trinajstić information content (AvgIpc) is 2.86. The minimum atomic E-state index is -0.0180. The van der Waals surface area contributed by atoms with Crippen LogP contribution in [0.3, 0.4) is 0 Å². The molecule has 1 amide bonds. The van der Waals surface area contributed by atoms with E-state index < -0.39 is 0 Å². The maximum Gasteiger partial charge on any atom is 0.251 e. The molecule has 0 radical (unpaired) electrons. The molecule has 3 aromatic carbocycles. The number of amides is 1. The lowest BCUT2D eigenvalue weighted by atomic mass is 9.88. The van der Waals surface area contributed by atoms with E-state index in [9.17, 15) is 4.79 Å². The van der Waals surface area contributed by atoms with Crippen LogP contribution in [0, 0.1) is 0 Å². The molecule has 166 valence electrons. The number of nitrogens with one attached hydrogen (secondary N) is 1. The Bertz CT molecular complexity index is 943. The van der Waals surface area contributed by atoms with Crippen LogP contribution in [0.1, 0.15) is 46.7 Å². The van der Waals surface area contributed by atoms with E-state index in [-0.39, 0.29) is 11.9 Å². The van der Waals surface area contributed by atoms with Crippen molar-refractivity contribution in [3.63, 3.8) is 0 Å². The molecule has 0 saturated carbocycles. The molecule has 0 unspecified atom stereocenters. The average molecular weight is 429 g/mol. The predicted octanol–water partition coefficient (Wildman–Crippen LogP) is 5.11. The van der Waals surface area contributed by atoms with Gasteiger partial charge in [0.2, 0.25) is 0 Å². The second-order valence-electron chi connectivity index (χ2n) is 8.48. The summed E-state index contributed by atoms with van der Waals surface area (Å²) in [7, 11) is 1.62. The molecule has 1 aliphatic heterocycles. The first kappa shape index (κ1) is 22.1. The maximum absolute atomic E-state index is 12.6. The van der Waals surface area contributed by atoms with Crippen molar-refractivity contribution in [1.29, 1.82) is 0 Å². The summed E-state index contributed by atoms with van der Waals surface area (Å²) in [5, 5.41) is 3.20. The molecular weight excluding hydrogens is 396 g/mol. The Morgan fingerprint density at radius 2 is 1.56 bits per heavy atom. The number of hydrogen-bond donors (Lipinski definition) is 1. The van der Waals surface area contributed by atoms with Gasteiger partial charge in [-0.05, 0) is 55.1 Å². The first-order valence-corrected chi connectivity index (χ1v) is 11.5. The van der Waals surface area contributed by atoms with E-state index in [1.165, 1.54) is 11.1 Å². The Morgan fingerprint density at radius 3 is 2.16 bits per heavy atom. The lowest BCUT2D eigenvalue weighted by Gasteiger charge is -2.33. The topological polar surface area (TPSA) is 41.6 Å². The number of ether oxygens (including phenoxy) is 1. The fourth-order valence-electron chi connectivity index (χ4n) is 4.54. The first-order valence-electron chi connectivity index (χ1n) is 11.5. The minimum Gasteiger partial charge on any atom is -0.497 e. The zero-order chi connectivity index (χ0) is 22.2. The van der Waals surface area contributed by atoms with E-state index in [0.717, 1.165) is 38.9 Å². The number of methoxy groups -OCH3 is 1. The Kier molecular flexibility index (Phi) is 7.57. The van der Waals surface area contributed by atoms with Gasteiger partial charge in [0.05, 0.1) is 7.11 Å². The third kappa shape index (κ3) is 5.77. The molecule has 32 heavy (non-hydrogen) atoms. The number of piperidine rings is 1. The summed E-state index contributed by atoms with van der Waals surface area (Å²) in [6.45, 7) is 3.09. The molecule has 0 aromatic heterocycles. The van der Waals surface area contributed by atoms with Gasteiger partial charge in [-0.1, -0.05) is 66.7 Å². The van der Waals surface area contributed by atoms with Gasteiger partial charge in [-0.15, -0.1) is 0 Å². The van der Waals surface area contributed by atoms with E-state index in [2.05, 4.69) is 70.9 Å². The molecule has 0 bridgehead atoms. The van der Waals surface area contributed by atoms with Crippen molar-refractivity contribution in [2.75, 3.05) is 26.7 Å². The summed E-state index contributed by atoms with van der Waals surface area (Å²) >= 11 is 0. The third-order valence-electron chi connectivity index (χ3n) is 6.39. The van der Waals surface area contributed by atoms with Crippen molar-refractivity contribution in [2.45, 2.75) is 31.2 Å². The Hall–Kier alpha value is -3.11. The minimum absolute atomic E-state index is 0.0180. The molecule has 1 aliphatic rings. The Balaban J connectivity index is 1.30. The van der Waals surface area contributed by atoms with Crippen LogP contribution in [0.4, 0.5) is 0 Å². The van der Waals surface area contributed by atoms with E-state index in [4.69, 9.17) is 4.74 Å². The summed E-state index contributed by atoms with van der Waals surface area (Å²) in [6, 6.07) is 29.2. The SMILES string of the molecule is COc1cccc(C(=O)NC2CCN(CCC(c3ccccc3)c3ccccc3)CC2)c1. The second-order valence-corrected chi connectivity index (χ2v) is 8.48. The van der Waals surface area contributed by atoms with Gasteiger partial charge in [-0.2, -0.15) is 0 Å². The van der Waals surface area contributed by atoms with Gasteiger partial charge in [0.25, 0.3) is 5.91 Å². The monoisotopic (exact) mass is 428 g/mol. The molecule has 0 aliphatic carbocycles. The fourth-order valence-corrected chi connectivity index (χ4v) is 4.54. The number of hydrogen-bond acceptors (Lipinski definition) is 3. The Labute approximate surface area is 191 Å². The lowest BCUT2D eigenvalue weighted by Crippen LogP contribution is -2.45. The summed E-state index contributed by atoms with van der Waals surface area (Å²) in [6.07, 6.45) is 3.06. The largest absolute Gasteiger partial charge is 0.497 e. The molecule has 1 N–H and O–H groups in total. The quantitative estimate of drug-likeness (QED) is 0.542. The number of benzene rings is 3. The van der Waals surface area contributed by atoms with Crippen molar-refractivity contribution in [3.05, 3.63) is 102 Å². The highest BCUT2D eigenvalue weighted by molar-refractivity contribution is 5.94. The zero-order valence-corrected chi connectivity index (χ0v) is 18.7. The van der Waals surface area contributed by atoms with E-state index in [1.807, 2.05) is 18.2 Å². The van der Waals surface area contributed by atoms with Crippen molar-refractivity contribution in [2.24, 2.45) is 0 Å². The van der Waals surface area contributed by atoms with Crippen LogP contribution >= 0.6 is 0 Å². The molecule has 3 aromatic rings. The number of carbonyl (C=O) groups excluding carboxylic acids is 1. The molecular formula is C28H32N2O2. The smallest absolute Gasteiger partial charge is 0.251 e. The van der Waals surface area contributed by atoms with Gasteiger partial charge in [-0.3, -0.25) is 4.79 Å². The summed E-state index contributed by atoms with van der Waals surface area (Å²) in [5.74, 6) is 1.09. The van der Waals surface area contributed by atoms with Crippen molar-refractivity contribution in [3.8, 4) is 5.75 Å². The molecule has 1 saturated heterocycles. The van der Waals surface area contributed by atoms with E-state index in [0.29, 0.717) is 17.2 Å². The van der Waals surface area contributed by atoms with Crippen LogP contribution in [0.2, 0.25) is 0 Å². The highest BCUT2D eigenvalue weighted by Crippen LogP contribution is 2.28. The molecule has 0 atom stereocenters. The highest BCUT2D eigenvalue weighted by atomic mass is 16.5. The van der Waals surface area contributed by atoms with Crippen LogP contribution in [0.25, 0.3) is 0 Å². The first-order chi connectivity index (χ1) is 15.7. The molecule has 4 heteroatoms. The van der Waals surface area contributed by atoms with Crippen molar-refractivity contribution < 1.29 is 9.53 Å². The molecule has 4 rings (SSSR count). The summed E-state index contributed by atoms with van der Waals surface area (Å²) < 4.78 is 5.23. The van der Waals surface area contributed by atoms with Crippen LogP contribution in [0.5, 0.6) is 5.75 Å². The van der Waals surface area contributed by atoms with Gasteiger partial charge in [0, 0.05) is 30.6 Å². The summed E-state index contributed by atoms with van der Waals surface area (Å²) in [4.78, 5) is 15.1. The van der Waals surface area contributed by atoms with Crippen molar-refractivity contribution >= 4 is 5.91 Å². The standard InChI is InChI=1S/C28H32N2O2/c1-32-26-14-8-13-24(21-26)28(31)29-25-15-18-30(19-16-25)20-17-27(22-9-4-2-5-10-22)23-11-6-3-7-12-23/h2-14,21,25,27H,15-20H2,1H3,(H,29,31). The number of carbonyl (C=O) groups is 1. The predicted molar refractivity (Wildman–Crippen MR) is 129 cm³/mol. The van der Waals surface area contributed by atoms with Crippen LogP contribution in [0.15, 0.2) is 84.9 Å². The maximum atomic E-state index is 12.6. The number of likely N-dealkylation sites (tertiary alicyclic amines) is 1. The van der Waals surface area contributed by atoms with E-state index in [1.54, 1.807) is 13.2 Å². The molecule has 1 heterocycles. The van der Waals surface area contributed by atoms with Gasteiger partial charge >= 0.3 is 0 Å².